The zero-order valence-electron chi connectivity index (χ0n) is 34.0. The quantitative estimate of drug-likeness (QED) is 0.0146. The minimum absolute atomic E-state index is 0.0569. The number of carbonyl (C=O) groups is 2. The van der Waals surface area contributed by atoms with Crippen molar-refractivity contribution in [2.75, 3.05) is 6.61 Å². The Morgan fingerprint density at radius 1 is 0.850 bits per heavy atom. The van der Waals surface area contributed by atoms with Gasteiger partial charge in [0.25, 0.3) is 5.56 Å². The number of aromatic amines is 1. The van der Waals surface area contributed by atoms with Gasteiger partial charge in [0.15, 0.2) is 0 Å². The van der Waals surface area contributed by atoms with Crippen LogP contribution in [-0.4, -0.2) is 45.1 Å². The number of hydrogen-bond acceptors (Lipinski definition) is 14. The highest BCUT2D eigenvalue weighted by Gasteiger charge is 2.42. The summed E-state index contributed by atoms with van der Waals surface area (Å²) in [6.07, 6.45) is 8.45. The first-order chi connectivity index (χ1) is 28.7. The lowest BCUT2D eigenvalue weighted by atomic mass is 10.1. The minimum Gasteiger partial charge on any atom is -0.427 e. The van der Waals surface area contributed by atoms with Crippen LogP contribution in [0.15, 0.2) is 69.4 Å². The first-order valence-corrected chi connectivity index (χ1v) is 22.9. The smallest absolute Gasteiger partial charge is 0.427 e. The Morgan fingerprint density at radius 3 is 1.93 bits per heavy atom. The van der Waals surface area contributed by atoms with E-state index in [0.29, 0.717) is 17.5 Å². The van der Waals surface area contributed by atoms with Crippen LogP contribution in [-0.2, 0) is 54.6 Å². The number of rotatable bonds is 26. The van der Waals surface area contributed by atoms with Gasteiger partial charge in [0.05, 0.1) is 32.0 Å². The Morgan fingerprint density at radius 2 is 1.38 bits per heavy atom. The first-order valence-electron chi connectivity index (χ1n) is 19.9. The molecule has 2 heterocycles. The third kappa shape index (κ3) is 16.2. The molecule has 1 fully saturated rings. The Balaban J connectivity index is 1.41. The number of phosphoric acid groups is 2. The molecule has 328 valence electrons. The standard InChI is InChI=1S/C39H53N5O14P2/c1-4-6-8-9-10-11-12-14-37(46)56-32-21-17-30(18-22-32)26-54-60(51,53-25-29-15-19-31(20-16-29)55-36(45)13-7-5-2)58-59(49,50)52-27-34-33(42-43-40)23-35(57-34)44-24-28(3)38(47)41-39(44)48/h15-22,24,33-35H,4-14,23,25-27H2,1-3H3,(H,49,50)(H,41,47,48)/t33-,34+,35+,60?/m0/s1. The Hall–Kier alpha value is -4.41. The van der Waals surface area contributed by atoms with E-state index in [1.165, 1.54) is 80.9 Å². The third-order valence-electron chi connectivity index (χ3n) is 9.27. The van der Waals surface area contributed by atoms with Gasteiger partial charge in [-0.25, -0.2) is 13.9 Å². The second-order valence-corrected chi connectivity index (χ2v) is 17.4. The van der Waals surface area contributed by atoms with Crippen LogP contribution in [0.3, 0.4) is 0 Å². The molecule has 2 aromatic carbocycles. The number of H-pyrrole nitrogens is 1. The molecule has 1 saturated heterocycles. The zero-order chi connectivity index (χ0) is 43.5. The van der Waals surface area contributed by atoms with Gasteiger partial charge in [0.2, 0.25) is 0 Å². The van der Waals surface area contributed by atoms with Crippen LogP contribution in [0.5, 0.6) is 11.5 Å². The van der Waals surface area contributed by atoms with Gasteiger partial charge in [-0.1, -0.05) is 88.2 Å². The van der Waals surface area contributed by atoms with E-state index in [1.807, 2.05) is 6.92 Å². The molecule has 2 unspecified atom stereocenters. The fourth-order valence-electron chi connectivity index (χ4n) is 5.95. The van der Waals surface area contributed by atoms with Crippen LogP contribution in [0.1, 0.15) is 114 Å². The molecular weight excluding hydrogens is 824 g/mol. The van der Waals surface area contributed by atoms with Crippen molar-refractivity contribution in [3.63, 3.8) is 0 Å². The number of hydrogen-bond donors (Lipinski definition) is 2. The zero-order valence-corrected chi connectivity index (χ0v) is 35.8. The maximum atomic E-state index is 14.0. The van der Waals surface area contributed by atoms with Gasteiger partial charge in [-0.3, -0.25) is 37.5 Å². The van der Waals surface area contributed by atoms with Gasteiger partial charge in [0, 0.05) is 35.9 Å². The predicted molar refractivity (Wildman–Crippen MR) is 218 cm³/mol. The van der Waals surface area contributed by atoms with Crippen LogP contribution in [0.25, 0.3) is 10.4 Å². The van der Waals surface area contributed by atoms with Crippen LogP contribution < -0.4 is 20.7 Å². The van der Waals surface area contributed by atoms with Crippen molar-refractivity contribution in [1.82, 2.24) is 9.55 Å². The summed E-state index contributed by atoms with van der Waals surface area (Å²) in [6.45, 7) is 3.95. The second-order valence-electron chi connectivity index (χ2n) is 14.2. The topological polar surface area (TPSA) is 257 Å². The van der Waals surface area contributed by atoms with Gasteiger partial charge >= 0.3 is 33.3 Å². The summed E-state index contributed by atoms with van der Waals surface area (Å²) in [5.41, 5.74) is 8.77. The van der Waals surface area contributed by atoms with E-state index < -0.39 is 71.1 Å². The third-order valence-corrected chi connectivity index (χ3v) is 12.3. The van der Waals surface area contributed by atoms with E-state index in [-0.39, 0.29) is 42.3 Å². The molecule has 3 aromatic rings. The normalized spacial score (nSPS) is 18.2. The average molecular weight is 878 g/mol. The maximum Gasteiger partial charge on any atom is 0.484 e. The highest BCUT2D eigenvalue weighted by atomic mass is 31.3. The molecule has 21 heteroatoms. The first kappa shape index (κ1) is 48.3. The molecule has 2 N–H and O–H groups in total. The van der Waals surface area contributed by atoms with Crippen molar-refractivity contribution >= 4 is 27.6 Å². The summed E-state index contributed by atoms with van der Waals surface area (Å²) in [6, 6.07) is 11.2. The lowest BCUT2D eigenvalue weighted by Gasteiger charge is -2.22. The summed E-state index contributed by atoms with van der Waals surface area (Å²) >= 11 is 0. The Bertz CT molecular complexity index is 2120. The molecule has 0 amide bonds. The number of nitrogens with one attached hydrogen (secondary N) is 1. The minimum atomic E-state index is -5.31. The Kier molecular flexibility index (Phi) is 19.4. The molecule has 1 aliphatic rings. The molecule has 4 rings (SSSR count). The summed E-state index contributed by atoms with van der Waals surface area (Å²) in [5, 5.41) is 3.65. The number of aryl methyl sites for hydroxylation is 1. The number of aromatic nitrogens is 2. The number of benzene rings is 2. The Labute approximate surface area is 347 Å². The number of phosphoric ester groups is 2. The monoisotopic (exact) mass is 877 g/mol. The highest BCUT2D eigenvalue weighted by molar-refractivity contribution is 7.61. The van der Waals surface area contributed by atoms with Crippen LogP contribution in [0, 0.1) is 6.92 Å². The summed E-state index contributed by atoms with van der Waals surface area (Å²) in [7, 11) is -10.3. The van der Waals surface area contributed by atoms with Gasteiger partial charge in [-0.15, -0.1) is 0 Å². The van der Waals surface area contributed by atoms with Gasteiger partial charge < -0.3 is 19.1 Å². The van der Waals surface area contributed by atoms with Gasteiger partial charge in [-0.2, -0.15) is 4.31 Å². The molecule has 0 spiro atoms. The van der Waals surface area contributed by atoms with E-state index in [4.69, 9.17) is 37.6 Å². The molecule has 1 aromatic heterocycles. The summed E-state index contributed by atoms with van der Waals surface area (Å²) in [4.78, 5) is 64.4. The van der Waals surface area contributed by atoms with Crippen molar-refractivity contribution < 1.29 is 55.7 Å². The number of ether oxygens (including phenoxy) is 3. The molecule has 0 radical (unpaired) electrons. The van der Waals surface area contributed by atoms with Crippen LogP contribution in [0.2, 0.25) is 0 Å². The molecule has 0 saturated carbocycles. The lowest BCUT2D eigenvalue weighted by molar-refractivity contribution is -0.135. The van der Waals surface area contributed by atoms with Crippen molar-refractivity contribution in [2.45, 2.75) is 129 Å². The average Bonchev–Trinajstić information content (AvgIpc) is 3.62. The molecule has 1 aliphatic heterocycles. The molecule has 0 aliphatic carbocycles. The summed E-state index contributed by atoms with van der Waals surface area (Å²) < 4.78 is 66.2. The van der Waals surface area contributed by atoms with Crippen LogP contribution in [0.4, 0.5) is 0 Å². The van der Waals surface area contributed by atoms with Crippen LogP contribution >= 0.6 is 15.6 Å². The van der Waals surface area contributed by atoms with E-state index >= 15 is 0 Å². The maximum absolute atomic E-state index is 14.0. The van der Waals surface area contributed by atoms with Crippen molar-refractivity contribution in [1.29, 1.82) is 0 Å². The number of nitrogens with zero attached hydrogens (tertiary/aromatic N) is 4. The molecule has 5 atom stereocenters. The SMILES string of the molecule is CCCCCCCCCC(=O)Oc1ccc(COP(=O)(OCc2ccc(OC(=O)CCCC)cc2)OP(=O)(O)OC[C@H]2O[C@@H](n3cc(C)c(=O)[nH]c3=O)C[C@@H]2N=[N+]=[N-])cc1. The molecule has 19 nitrogen and oxygen atoms in total. The number of unbranched alkanes of at least 4 members (excludes halogenated alkanes) is 7. The molecular formula is C39H53N5O14P2. The van der Waals surface area contributed by atoms with Gasteiger partial charge in [-0.05, 0) is 60.7 Å². The van der Waals surface area contributed by atoms with Crippen molar-refractivity contribution in [2.24, 2.45) is 5.11 Å². The fraction of sp³-hybridized carbons (Fsp3) is 0.538. The fourth-order valence-corrected chi connectivity index (χ4v) is 8.55. The lowest BCUT2D eigenvalue weighted by Crippen LogP contribution is -2.33. The van der Waals surface area contributed by atoms with E-state index in [2.05, 4.69) is 21.9 Å². The van der Waals surface area contributed by atoms with E-state index in [9.17, 15) is 33.2 Å². The largest absolute Gasteiger partial charge is 0.484 e. The number of esters is 2. The van der Waals surface area contributed by atoms with Crippen molar-refractivity contribution in [3.8, 4) is 11.5 Å². The summed E-state index contributed by atoms with van der Waals surface area (Å²) in [5.74, 6) is -0.215. The van der Waals surface area contributed by atoms with Crippen molar-refractivity contribution in [3.05, 3.63) is 103 Å². The predicted octanol–water partition coefficient (Wildman–Crippen LogP) is 8.63. The second kappa shape index (κ2) is 24.1. The molecule has 0 bridgehead atoms. The number of carbonyl (C=O) groups excluding carboxylic acids is 2. The number of azide groups is 1. The highest BCUT2D eigenvalue weighted by Crippen LogP contribution is 2.64. The van der Waals surface area contributed by atoms with E-state index in [0.717, 1.165) is 36.7 Å². The van der Waals surface area contributed by atoms with Gasteiger partial charge in [0.1, 0.15) is 17.7 Å². The molecule has 60 heavy (non-hydrogen) atoms. The van der Waals surface area contributed by atoms with E-state index in [1.54, 1.807) is 0 Å².